The SMILES string of the molecule is CC(=O)CCC1Cc2c(ccc(C)c2C)C(C)(C)C1. The van der Waals surface area contributed by atoms with Gasteiger partial charge in [0, 0.05) is 6.42 Å². The molecule has 1 aliphatic rings. The zero-order valence-electron chi connectivity index (χ0n) is 13.0. The molecule has 0 saturated carbocycles. The lowest BCUT2D eigenvalue weighted by atomic mass is 9.66. The van der Waals surface area contributed by atoms with Gasteiger partial charge in [0.2, 0.25) is 0 Å². The number of benzene rings is 1. The van der Waals surface area contributed by atoms with Gasteiger partial charge in [-0.15, -0.1) is 0 Å². The van der Waals surface area contributed by atoms with E-state index in [9.17, 15) is 4.79 Å². The van der Waals surface area contributed by atoms with Crippen LogP contribution in [0, 0.1) is 19.8 Å². The van der Waals surface area contributed by atoms with Crippen molar-refractivity contribution in [2.24, 2.45) is 5.92 Å². The number of aryl methyl sites for hydroxylation is 1. The van der Waals surface area contributed by atoms with Crippen LogP contribution in [0.1, 0.15) is 62.3 Å². The fourth-order valence-electron chi connectivity index (χ4n) is 3.58. The summed E-state index contributed by atoms with van der Waals surface area (Å²) in [4.78, 5) is 11.2. The van der Waals surface area contributed by atoms with E-state index < -0.39 is 0 Å². The van der Waals surface area contributed by atoms with Gasteiger partial charge < -0.3 is 4.79 Å². The number of rotatable bonds is 3. The topological polar surface area (TPSA) is 17.1 Å². The first-order valence-electron chi connectivity index (χ1n) is 7.40. The maximum atomic E-state index is 11.2. The van der Waals surface area contributed by atoms with Crippen molar-refractivity contribution in [1.82, 2.24) is 0 Å². The Hall–Kier alpha value is -1.11. The molecular formula is C18H26O. The van der Waals surface area contributed by atoms with Crippen molar-refractivity contribution in [3.8, 4) is 0 Å². The third kappa shape index (κ3) is 2.91. The van der Waals surface area contributed by atoms with Crippen molar-refractivity contribution in [3.63, 3.8) is 0 Å². The van der Waals surface area contributed by atoms with E-state index in [1.165, 1.54) is 23.1 Å². The highest BCUT2D eigenvalue weighted by atomic mass is 16.1. The molecule has 1 aromatic carbocycles. The molecule has 0 spiro atoms. The summed E-state index contributed by atoms with van der Waals surface area (Å²) in [6.07, 6.45) is 4.14. The minimum Gasteiger partial charge on any atom is -0.300 e. The predicted molar refractivity (Wildman–Crippen MR) is 80.7 cm³/mol. The van der Waals surface area contributed by atoms with Crippen molar-refractivity contribution in [1.29, 1.82) is 0 Å². The van der Waals surface area contributed by atoms with E-state index in [0.717, 1.165) is 19.3 Å². The van der Waals surface area contributed by atoms with Gasteiger partial charge in [-0.25, -0.2) is 0 Å². The number of carbonyl (C=O) groups excluding carboxylic acids is 1. The largest absolute Gasteiger partial charge is 0.300 e. The van der Waals surface area contributed by atoms with Gasteiger partial charge in [0.15, 0.2) is 0 Å². The molecule has 0 amide bonds. The van der Waals surface area contributed by atoms with Crippen LogP contribution in [0.3, 0.4) is 0 Å². The van der Waals surface area contributed by atoms with Crippen molar-refractivity contribution < 1.29 is 4.79 Å². The normalized spacial score (nSPS) is 21.0. The van der Waals surface area contributed by atoms with Gasteiger partial charge in [-0.1, -0.05) is 26.0 Å². The van der Waals surface area contributed by atoms with Crippen LogP contribution in [0.5, 0.6) is 0 Å². The molecule has 1 unspecified atom stereocenters. The summed E-state index contributed by atoms with van der Waals surface area (Å²) >= 11 is 0. The number of ketones is 1. The second kappa shape index (κ2) is 5.11. The van der Waals surface area contributed by atoms with Gasteiger partial charge >= 0.3 is 0 Å². The molecule has 0 radical (unpaired) electrons. The van der Waals surface area contributed by atoms with E-state index in [-0.39, 0.29) is 5.41 Å². The summed E-state index contributed by atoms with van der Waals surface area (Å²) in [6, 6.07) is 4.57. The average Bonchev–Trinajstić information content (AvgIpc) is 2.31. The minimum atomic E-state index is 0.244. The molecule has 0 fully saturated rings. The number of fused-ring (bicyclic) bond motifs is 1. The Morgan fingerprint density at radius 2 is 2.00 bits per heavy atom. The first-order chi connectivity index (χ1) is 8.81. The van der Waals surface area contributed by atoms with E-state index in [2.05, 4.69) is 39.8 Å². The second-order valence-corrected chi connectivity index (χ2v) is 6.93. The Labute approximate surface area is 117 Å². The monoisotopic (exact) mass is 258 g/mol. The number of hydrogen-bond donors (Lipinski definition) is 0. The highest BCUT2D eigenvalue weighted by Crippen LogP contribution is 2.42. The molecule has 104 valence electrons. The average molecular weight is 258 g/mol. The lowest BCUT2D eigenvalue weighted by Gasteiger charge is -2.39. The Morgan fingerprint density at radius 3 is 2.63 bits per heavy atom. The molecule has 1 atom stereocenters. The smallest absolute Gasteiger partial charge is 0.129 e. The maximum absolute atomic E-state index is 11.2. The van der Waals surface area contributed by atoms with Gasteiger partial charge in [0.25, 0.3) is 0 Å². The fraction of sp³-hybridized carbons (Fsp3) is 0.611. The molecular weight excluding hydrogens is 232 g/mol. The molecule has 1 aromatic rings. The van der Waals surface area contributed by atoms with E-state index in [1.807, 2.05) is 0 Å². The minimum absolute atomic E-state index is 0.244. The Morgan fingerprint density at radius 1 is 1.32 bits per heavy atom. The summed E-state index contributed by atoms with van der Waals surface area (Å²) in [6.45, 7) is 10.8. The quantitative estimate of drug-likeness (QED) is 0.779. The lowest BCUT2D eigenvalue weighted by molar-refractivity contribution is -0.117. The lowest BCUT2D eigenvalue weighted by Crippen LogP contribution is -2.30. The van der Waals surface area contributed by atoms with Gasteiger partial charge in [-0.2, -0.15) is 0 Å². The van der Waals surface area contributed by atoms with Crippen molar-refractivity contribution >= 4 is 5.78 Å². The molecule has 0 N–H and O–H groups in total. The van der Waals surface area contributed by atoms with Crippen LogP contribution in [0.4, 0.5) is 0 Å². The highest BCUT2D eigenvalue weighted by Gasteiger charge is 2.33. The van der Waals surface area contributed by atoms with E-state index in [4.69, 9.17) is 0 Å². The molecule has 0 aliphatic heterocycles. The van der Waals surface area contributed by atoms with Crippen LogP contribution < -0.4 is 0 Å². The summed E-state index contributed by atoms with van der Waals surface area (Å²) in [5.74, 6) is 0.983. The standard InChI is InChI=1S/C18H26O/c1-12-6-9-17-16(14(12)3)10-15(8-7-13(2)19)11-18(17,4)5/h6,9,15H,7-8,10-11H2,1-5H3. The van der Waals surface area contributed by atoms with E-state index >= 15 is 0 Å². The predicted octanol–water partition coefficient (Wildman–Crippen LogP) is 4.51. The number of carbonyl (C=O) groups is 1. The van der Waals surface area contributed by atoms with Crippen molar-refractivity contribution in [2.45, 2.75) is 65.7 Å². The van der Waals surface area contributed by atoms with Crippen LogP contribution in [-0.4, -0.2) is 5.78 Å². The summed E-state index contributed by atoms with van der Waals surface area (Å²) in [5, 5.41) is 0. The van der Waals surface area contributed by atoms with Crippen LogP contribution in [0.15, 0.2) is 12.1 Å². The summed E-state index contributed by atoms with van der Waals surface area (Å²) in [5.41, 5.74) is 6.16. The Balaban J connectivity index is 2.31. The molecule has 0 saturated heterocycles. The van der Waals surface area contributed by atoms with Crippen LogP contribution >= 0.6 is 0 Å². The molecule has 0 aromatic heterocycles. The summed E-state index contributed by atoms with van der Waals surface area (Å²) < 4.78 is 0. The molecule has 0 bridgehead atoms. The molecule has 2 rings (SSSR count). The molecule has 1 aliphatic carbocycles. The Kier molecular flexibility index (Phi) is 3.85. The fourth-order valence-corrected chi connectivity index (χ4v) is 3.58. The first-order valence-corrected chi connectivity index (χ1v) is 7.40. The van der Waals surface area contributed by atoms with Gasteiger partial charge in [-0.3, -0.25) is 0 Å². The zero-order chi connectivity index (χ0) is 14.2. The van der Waals surface area contributed by atoms with Gasteiger partial charge in [0.1, 0.15) is 5.78 Å². The van der Waals surface area contributed by atoms with Crippen LogP contribution in [0.2, 0.25) is 0 Å². The highest BCUT2D eigenvalue weighted by molar-refractivity contribution is 5.75. The van der Waals surface area contributed by atoms with E-state index in [0.29, 0.717) is 11.7 Å². The zero-order valence-corrected chi connectivity index (χ0v) is 13.0. The third-order valence-electron chi connectivity index (χ3n) is 4.79. The van der Waals surface area contributed by atoms with Crippen molar-refractivity contribution in [3.05, 3.63) is 34.4 Å². The number of hydrogen-bond acceptors (Lipinski definition) is 1. The number of Topliss-reactive ketones (excluding diaryl/α,β-unsaturated/α-hetero) is 1. The van der Waals surface area contributed by atoms with E-state index in [1.54, 1.807) is 12.5 Å². The maximum Gasteiger partial charge on any atom is 0.129 e. The van der Waals surface area contributed by atoms with Crippen LogP contribution in [-0.2, 0) is 16.6 Å². The van der Waals surface area contributed by atoms with Gasteiger partial charge in [-0.05, 0) is 73.6 Å². The first kappa shape index (κ1) is 14.3. The molecule has 0 heterocycles. The summed E-state index contributed by atoms with van der Waals surface area (Å²) in [7, 11) is 0. The van der Waals surface area contributed by atoms with Crippen LogP contribution in [0.25, 0.3) is 0 Å². The van der Waals surface area contributed by atoms with Crippen molar-refractivity contribution in [2.75, 3.05) is 0 Å². The third-order valence-corrected chi connectivity index (χ3v) is 4.79. The molecule has 1 nitrogen and oxygen atoms in total. The van der Waals surface area contributed by atoms with Gasteiger partial charge in [0.05, 0.1) is 0 Å². The molecule has 19 heavy (non-hydrogen) atoms. The second-order valence-electron chi connectivity index (χ2n) is 6.93. The Bertz CT molecular complexity index is 497. The molecule has 1 heteroatoms.